The Morgan fingerprint density at radius 3 is 2.36 bits per heavy atom. The predicted octanol–water partition coefficient (Wildman–Crippen LogP) is 2.39. The highest BCUT2D eigenvalue weighted by molar-refractivity contribution is 7.80. The van der Waals surface area contributed by atoms with Crippen LogP contribution in [0.1, 0.15) is 17.2 Å². The Balaban J connectivity index is 2.00. The molecular weight excluding hydrogens is 376 g/mol. The maximum Gasteiger partial charge on any atom is 0.329 e. The van der Waals surface area contributed by atoms with E-state index in [4.69, 9.17) is 17.0 Å². The van der Waals surface area contributed by atoms with Gasteiger partial charge >= 0.3 is 5.69 Å². The van der Waals surface area contributed by atoms with Gasteiger partial charge in [0.2, 0.25) is 0 Å². The lowest BCUT2D eigenvalue weighted by Gasteiger charge is -2.39. The minimum absolute atomic E-state index is 0.325. The molecule has 0 fully saturated rings. The van der Waals surface area contributed by atoms with E-state index >= 15 is 0 Å². The van der Waals surface area contributed by atoms with Gasteiger partial charge in [0.15, 0.2) is 5.11 Å². The molecule has 4 rings (SSSR count). The second-order valence-electron chi connectivity index (χ2n) is 6.39. The van der Waals surface area contributed by atoms with Crippen molar-refractivity contribution in [2.75, 3.05) is 17.3 Å². The van der Waals surface area contributed by atoms with Crippen LogP contribution < -0.4 is 26.2 Å². The maximum atomic E-state index is 13.0. The lowest BCUT2D eigenvalue weighted by atomic mass is 9.96. The molecule has 142 valence electrons. The van der Waals surface area contributed by atoms with Crippen LogP contribution in [0.25, 0.3) is 0 Å². The SMILES string of the molecule is COc1ccc(C2c3c([nH]c(=O)n(C)c3=O)NC(=S)N2c2ccccc2)cc1. The van der Waals surface area contributed by atoms with Crippen LogP contribution in [0.15, 0.2) is 64.2 Å². The highest BCUT2D eigenvalue weighted by Crippen LogP contribution is 2.38. The summed E-state index contributed by atoms with van der Waals surface area (Å²) >= 11 is 5.59. The van der Waals surface area contributed by atoms with E-state index in [0.717, 1.165) is 15.8 Å². The Hall–Kier alpha value is -3.39. The molecule has 0 radical (unpaired) electrons. The van der Waals surface area contributed by atoms with Crippen LogP contribution in [-0.2, 0) is 7.05 Å². The second-order valence-corrected chi connectivity index (χ2v) is 6.78. The number of ether oxygens (including phenoxy) is 1. The number of hydrogen-bond acceptors (Lipinski definition) is 4. The van der Waals surface area contributed by atoms with E-state index in [2.05, 4.69) is 10.3 Å². The lowest BCUT2D eigenvalue weighted by molar-refractivity contribution is 0.414. The van der Waals surface area contributed by atoms with Gasteiger partial charge in [0.05, 0.1) is 18.7 Å². The summed E-state index contributed by atoms with van der Waals surface area (Å²) in [4.78, 5) is 29.7. The summed E-state index contributed by atoms with van der Waals surface area (Å²) in [5.41, 5.74) is 1.22. The summed E-state index contributed by atoms with van der Waals surface area (Å²) < 4.78 is 6.32. The Kier molecular flexibility index (Phi) is 4.48. The number of fused-ring (bicyclic) bond motifs is 1. The summed E-state index contributed by atoms with van der Waals surface area (Å²) in [7, 11) is 3.05. The molecule has 28 heavy (non-hydrogen) atoms. The number of hydrogen-bond donors (Lipinski definition) is 2. The third kappa shape index (κ3) is 2.87. The van der Waals surface area contributed by atoms with Crippen LogP contribution >= 0.6 is 12.2 Å². The summed E-state index contributed by atoms with van der Waals surface area (Å²) in [6, 6.07) is 16.5. The van der Waals surface area contributed by atoms with Crippen LogP contribution in [0.5, 0.6) is 5.75 Å². The fourth-order valence-corrected chi connectivity index (χ4v) is 3.67. The van der Waals surface area contributed by atoms with Crippen LogP contribution in [0.2, 0.25) is 0 Å². The van der Waals surface area contributed by atoms with E-state index < -0.39 is 11.7 Å². The van der Waals surface area contributed by atoms with E-state index in [1.165, 1.54) is 7.05 Å². The number of aromatic amines is 1. The smallest absolute Gasteiger partial charge is 0.329 e. The van der Waals surface area contributed by atoms with Crippen LogP contribution in [-0.4, -0.2) is 21.8 Å². The Labute approximate surface area is 166 Å². The van der Waals surface area contributed by atoms with Crippen LogP contribution in [0.3, 0.4) is 0 Å². The topological polar surface area (TPSA) is 79.4 Å². The van der Waals surface area contributed by atoms with Crippen molar-refractivity contribution in [1.82, 2.24) is 9.55 Å². The van der Waals surface area contributed by atoms with E-state index in [9.17, 15) is 9.59 Å². The highest BCUT2D eigenvalue weighted by atomic mass is 32.1. The van der Waals surface area contributed by atoms with Crippen molar-refractivity contribution in [2.45, 2.75) is 6.04 Å². The number of aromatic nitrogens is 2. The van der Waals surface area contributed by atoms with Gasteiger partial charge in [0.1, 0.15) is 11.6 Å². The Morgan fingerprint density at radius 1 is 1.04 bits per heavy atom. The molecule has 2 heterocycles. The highest BCUT2D eigenvalue weighted by Gasteiger charge is 2.36. The van der Waals surface area contributed by atoms with E-state index in [0.29, 0.717) is 22.2 Å². The first-order valence-electron chi connectivity index (χ1n) is 8.63. The number of benzene rings is 2. The average Bonchev–Trinajstić information content (AvgIpc) is 2.72. The average molecular weight is 394 g/mol. The monoisotopic (exact) mass is 394 g/mol. The summed E-state index contributed by atoms with van der Waals surface area (Å²) in [6.07, 6.45) is 0. The zero-order valence-electron chi connectivity index (χ0n) is 15.3. The molecule has 8 heteroatoms. The van der Waals surface area contributed by atoms with E-state index in [1.807, 2.05) is 59.5 Å². The van der Waals surface area contributed by atoms with Gasteiger partial charge in [-0.05, 0) is 42.0 Å². The molecule has 0 saturated carbocycles. The number of H-pyrrole nitrogens is 1. The second kappa shape index (κ2) is 6.97. The fourth-order valence-electron chi connectivity index (χ4n) is 3.36. The number of nitrogens with zero attached hydrogens (tertiary/aromatic N) is 2. The zero-order valence-corrected chi connectivity index (χ0v) is 16.1. The first-order valence-corrected chi connectivity index (χ1v) is 9.04. The van der Waals surface area contributed by atoms with Crippen LogP contribution in [0, 0.1) is 0 Å². The molecule has 2 aromatic carbocycles. The molecule has 1 unspecified atom stereocenters. The van der Waals surface area contributed by atoms with Gasteiger partial charge in [-0.1, -0.05) is 30.3 Å². The molecule has 0 amide bonds. The van der Waals surface area contributed by atoms with Crippen molar-refractivity contribution in [3.63, 3.8) is 0 Å². The molecule has 3 aromatic rings. The molecule has 1 aliphatic heterocycles. The van der Waals surface area contributed by atoms with Gasteiger partial charge in [-0.2, -0.15) is 0 Å². The van der Waals surface area contributed by atoms with Gasteiger partial charge in [0.25, 0.3) is 5.56 Å². The lowest BCUT2D eigenvalue weighted by Crippen LogP contribution is -2.49. The van der Waals surface area contributed by atoms with Crippen molar-refractivity contribution in [2.24, 2.45) is 7.05 Å². The molecule has 0 saturated heterocycles. The molecule has 1 aliphatic rings. The molecule has 0 bridgehead atoms. The molecule has 0 aliphatic carbocycles. The normalized spacial score (nSPS) is 15.7. The van der Waals surface area contributed by atoms with E-state index in [-0.39, 0.29) is 5.56 Å². The summed E-state index contributed by atoms with van der Waals surface area (Å²) in [5.74, 6) is 1.03. The number of para-hydroxylation sites is 1. The molecule has 7 nitrogen and oxygen atoms in total. The zero-order chi connectivity index (χ0) is 19.8. The Bertz CT molecular complexity index is 1150. The van der Waals surface area contributed by atoms with Crippen molar-refractivity contribution in [3.05, 3.63) is 86.6 Å². The van der Waals surface area contributed by atoms with Gasteiger partial charge in [-0.25, -0.2) is 4.79 Å². The van der Waals surface area contributed by atoms with Crippen molar-refractivity contribution >= 4 is 28.8 Å². The van der Waals surface area contributed by atoms with Crippen molar-refractivity contribution in [1.29, 1.82) is 0 Å². The van der Waals surface area contributed by atoms with Crippen molar-refractivity contribution in [3.8, 4) is 5.75 Å². The number of nitrogens with one attached hydrogen (secondary N) is 2. The molecule has 0 spiro atoms. The quantitative estimate of drug-likeness (QED) is 0.664. The maximum absolute atomic E-state index is 13.0. The number of thiocarbonyl (C=S) groups is 1. The molecule has 1 aromatic heterocycles. The van der Waals surface area contributed by atoms with Gasteiger partial charge in [-0.15, -0.1) is 0 Å². The summed E-state index contributed by atoms with van der Waals surface area (Å²) in [6.45, 7) is 0. The fraction of sp³-hybridized carbons (Fsp3) is 0.150. The Morgan fingerprint density at radius 2 is 1.71 bits per heavy atom. The third-order valence-electron chi connectivity index (χ3n) is 4.79. The van der Waals surface area contributed by atoms with E-state index in [1.54, 1.807) is 7.11 Å². The predicted molar refractivity (Wildman–Crippen MR) is 112 cm³/mol. The number of methoxy groups -OCH3 is 1. The van der Waals surface area contributed by atoms with Gasteiger partial charge in [-0.3, -0.25) is 14.3 Å². The molecular formula is C20H18N4O3S. The first-order chi connectivity index (χ1) is 13.5. The minimum atomic E-state index is -0.507. The van der Waals surface area contributed by atoms with Gasteiger partial charge < -0.3 is 15.0 Å². The number of anilines is 2. The number of rotatable bonds is 3. The minimum Gasteiger partial charge on any atom is -0.497 e. The third-order valence-corrected chi connectivity index (χ3v) is 5.09. The first kappa shape index (κ1) is 18.0. The molecule has 2 N–H and O–H groups in total. The standard InChI is InChI=1S/C20H18N4O3S/c1-23-18(25)15-16(12-8-10-14(27-2)11-9-12)24(13-6-4-3-5-7-13)20(28)22-17(15)21-19(23)26/h3-11,16H,1-2H3,(H,21,26)(H,22,28). The summed E-state index contributed by atoms with van der Waals surface area (Å²) in [5, 5.41) is 3.40. The van der Waals surface area contributed by atoms with Gasteiger partial charge in [0, 0.05) is 12.7 Å². The van der Waals surface area contributed by atoms with Crippen LogP contribution in [0.4, 0.5) is 11.5 Å². The molecule has 1 atom stereocenters. The largest absolute Gasteiger partial charge is 0.497 e. The van der Waals surface area contributed by atoms with Crippen molar-refractivity contribution < 1.29 is 4.74 Å².